The van der Waals surface area contributed by atoms with Crippen molar-refractivity contribution in [3.8, 4) is 0 Å². The van der Waals surface area contributed by atoms with Gasteiger partial charge in [0.25, 0.3) is 0 Å². The van der Waals surface area contributed by atoms with Gasteiger partial charge >= 0.3 is 0 Å². The van der Waals surface area contributed by atoms with Crippen LogP contribution in [0.15, 0.2) is 18.2 Å². The average molecular weight is 221 g/mol. The van der Waals surface area contributed by atoms with E-state index in [2.05, 4.69) is 0 Å². The second-order valence-corrected chi connectivity index (χ2v) is 2.73. The zero-order valence-electron chi connectivity index (χ0n) is 8.99. The summed E-state index contributed by atoms with van der Waals surface area (Å²) in [5.41, 5.74) is 1.13. The monoisotopic (exact) mass is 220 g/mol. The molecule has 0 amide bonds. The van der Waals surface area contributed by atoms with Crippen LogP contribution >= 0.6 is 23.2 Å². The maximum Gasteiger partial charge on any atom is 0.0594 e. The van der Waals surface area contributed by atoms with Crippen molar-refractivity contribution in [2.24, 2.45) is 0 Å². The molecule has 1 rings (SSSR count). The molecule has 0 atom stereocenters. The molecular weight excluding hydrogens is 203 g/mol. The van der Waals surface area contributed by atoms with E-state index in [1.54, 1.807) is 6.07 Å². The van der Waals surface area contributed by atoms with Crippen LogP contribution in [-0.2, 0) is 0 Å². The zero-order valence-corrected chi connectivity index (χ0v) is 10.5. The zero-order chi connectivity index (χ0) is 10.9. The molecule has 0 bridgehead atoms. The Morgan fingerprint density at radius 2 is 1.31 bits per heavy atom. The lowest BCUT2D eigenvalue weighted by Crippen LogP contribution is -1.70. The largest absolute Gasteiger partial charge is 0.0827 e. The maximum absolute atomic E-state index is 5.68. The van der Waals surface area contributed by atoms with E-state index < -0.39 is 0 Å². The number of aryl methyl sites for hydroxylation is 1. The lowest BCUT2D eigenvalue weighted by atomic mass is 10.2. The van der Waals surface area contributed by atoms with Gasteiger partial charge in [-0.3, -0.25) is 0 Å². The Kier molecular flexibility index (Phi) is 11.6. The summed E-state index contributed by atoms with van der Waals surface area (Å²) in [4.78, 5) is 0. The summed E-state index contributed by atoms with van der Waals surface area (Å²) in [5, 5.41) is 1.24. The van der Waals surface area contributed by atoms with Crippen LogP contribution in [0.4, 0.5) is 0 Å². The topological polar surface area (TPSA) is 0 Å². The van der Waals surface area contributed by atoms with E-state index in [0.717, 1.165) is 5.56 Å². The Balaban J connectivity index is 0. The molecule has 0 aliphatic rings. The first-order valence-electron chi connectivity index (χ1n) is 4.62. The summed E-state index contributed by atoms with van der Waals surface area (Å²) in [6, 6.07) is 5.55. The van der Waals surface area contributed by atoms with Crippen LogP contribution in [0.1, 0.15) is 33.3 Å². The second-order valence-electron chi connectivity index (χ2n) is 1.92. The fourth-order valence-corrected chi connectivity index (χ4v) is 0.954. The van der Waals surface area contributed by atoms with E-state index in [0.29, 0.717) is 10.0 Å². The fourth-order valence-electron chi connectivity index (χ4n) is 0.601. The second kappa shape index (κ2) is 9.88. The maximum atomic E-state index is 5.68. The SMILES string of the molecule is CC.CC.Cc1ccc(Cl)c(Cl)c1. The van der Waals surface area contributed by atoms with Gasteiger partial charge in [-0.25, -0.2) is 0 Å². The van der Waals surface area contributed by atoms with Crippen molar-refractivity contribution in [2.75, 3.05) is 0 Å². The molecule has 0 radical (unpaired) electrons. The summed E-state index contributed by atoms with van der Waals surface area (Å²) in [5.74, 6) is 0. The molecule has 0 aromatic heterocycles. The minimum absolute atomic E-state index is 0.613. The van der Waals surface area contributed by atoms with Crippen molar-refractivity contribution < 1.29 is 0 Å². The van der Waals surface area contributed by atoms with E-state index in [-0.39, 0.29) is 0 Å². The lowest BCUT2D eigenvalue weighted by molar-refractivity contribution is 1.47. The Bertz CT molecular complexity index is 219. The van der Waals surface area contributed by atoms with Gasteiger partial charge in [-0.05, 0) is 24.6 Å². The average Bonchev–Trinajstić information content (AvgIpc) is 2.18. The van der Waals surface area contributed by atoms with Crippen LogP contribution in [0.5, 0.6) is 0 Å². The Hall–Kier alpha value is -0.200. The van der Waals surface area contributed by atoms with Gasteiger partial charge in [0.15, 0.2) is 0 Å². The van der Waals surface area contributed by atoms with Crippen LogP contribution in [-0.4, -0.2) is 0 Å². The molecule has 2 heteroatoms. The van der Waals surface area contributed by atoms with Gasteiger partial charge in [0.2, 0.25) is 0 Å². The van der Waals surface area contributed by atoms with Crippen molar-refractivity contribution in [1.82, 2.24) is 0 Å². The Morgan fingerprint density at radius 3 is 1.62 bits per heavy atom. The summed E-state index contributed by atoms with van der Waals surface area (Å²) in [7, 11) is 0. The molecular formula is C11H18Cl2. The van der Waals surface area contributed by atoms with E-state index >= 15 is 0 Å². The van der Waals surface area contributed by atoms with E-state index in [4.69, 9.17) is 23.2 Å². The highest BCUT2D eigenvalue weighted by Crippen LogP contribution is 2.21. The highest BCUT2D eigenvalue weighted by molar-refractivity contribution is 6.41. The molecule has 76 valence electrons. The lowest BCUT2D eigenvalue weighted by Gasteiger charge is -1.94. The normalized spacial score (nSPS) is 7.62. The smallest absolute Gasteiger partial charge is 0.0594 e. The van der Waals surface area contributed by atoms with Gasteiger partial charge < -0.3 is 0 Å². The van der Waals surface area contributed by atoms with Crippen LogP contribution in [0.3, 0.4) is 0 Å². The quantitative estimate of drug-likeness (QED) is 0.553. The molecule has 0 saturated heterocycles. The van der Waals surface area contributed by atoms with Gasteiger partial charge in [-0.2, -0.15) is 0 Å². The molecule has 0 fully saturated rings. The standard InChI is InChI=1S/C7H6Cl2.2C2H6/c1-5-2-3-6(8)7(9)4-5;2*1-2/h2-4H,1H3;2*1-2H3. The summed E-state index contributed by atoms with van der Waals surface area (Å²) in [6.07, 6.45) is 0. The van der Waals surface area contributed by atoms with Gasteiger partial charge in [0, 0.05) is 0 Å². The van der Waals surface area contributed by atoms with E-state index in [1.165, 1.54) is 0 Å². The molecule has 0 spiro atoms. The summed E-state index contributed by atoms with van der Waals surface area (Å²) < 4.78 is 0. The number of rotatable bonds is 0. The van der Waals surface area contributed by atoms with Crippen molar-refractivity contribution in [2.45, 2.75) is 34.6 Å². The third kappa shape index (κ3) is 6.92. The molecule has 1 aromatic rings. The Labute approximate surface area is 91.9 Å². The number of benzene rings is 1. The first kappa shape index (κ1) is 15.3. The first-order valence-corrected chi connectivity index (χ1v) is 5.37. The fraction of sp³-hybridized carbons (Fsp3) is 0.455. The van der Waals surface area contributed by atoms with Gasteiger partial charge in [0.05, 0.1) is 10.0 Å². The first-order chi connectivity index (χ1) is 6.20. The highest BCUT2D eigenvalue weighted by atomic mass is 35.5. The molecule has 0 aliphatic carbocycles. The minimum atomic E-state index is 0.613. The molecule has 0 heterocycles. The molecule has 0 N–H and O–H groups in total. The summed E-state index contributed by atoms with van der Waals surface area (Å²) in [6.45, 7) is 9.97. The van der Waals surface area contributed by atoms with Crippen LogP contribution < -0.4 is 0 Å². The van der Waals surface area contributed by atoms with Crippen molar-refractivity contribution >= 4 is 23.2 Å². The Morgan fingerprint density at radius 1 is 0.846 bits per heavy atom. The van der Waals surface area contributed by atoms with Crippen LogP contribution in [0.25, 0.3) is 0 Å². The number of halogens is 2. The van der Waals surface area contributed by atoms with Crippen molar-refractivity contribution in [1.29, 1.82) is 0 Å². The number of hydrogen-bond donors (Lipinski definition) is 0. The van der Waals surface area contributed by atoms with E-state index in [9.17, 15) is 0 Å². The molecule has 0 unspecified atom stereocenters. The van der Waals surface area contributed by atoms with Gasteiger partial charge in [0.1, 0.15) is 0 Å². The predicted octanol–water partition coefficient (Wildman–Crippen LogP) is 5.35. The van der Waals surface area contributed by atoms with Crippen molar-refractivity contribution in [3.63, 3.8) is 0 Å². The minimum Gasteiger partial charge on any atom is -0.0827 e. The van der Waals surface area contributed by atoms with Crippen LogP contribution in [0, 0.1) is 6.92 Å². The van der Waals surface area contributed by atoms with Gasteiger partial charge in [-0.15, -0.1) is 0 Å². The molecule has 0 nitrogen and oxygen atoms in total. The molecule has 0 aliphatic heterocycles. The van der Waals surface area contributed by atoms with Crippen molar-refractivity contribution in [3.05, 3.63) is 33.8 Å². The summed E-state index contributed by atoms with van der Waals surface area (Å²) >= 11 is 11.3. The highest BCUT2D eigenvalue weighted by Gasteiger charge is 1.93. The predicted molar refractivity (Wildman–Crippen MR) is 63.9 cm³/mol. The third-order valence-electron chi connectivity index (χ3n) is 1.08. The van der Waals surface area contributed by atoms with Crippen LogP contribution in [0.2, 0.25) is 10.0 Å². The number of hydrogen-bond acceptors (Lipinski definition) is 0. The van der Waals surface area contributed by atoms with Gasteiger partial charge in [-0.1, -0.05) is 57.0 Å². The molecule has 1 aromatic carbocycles. The molecule has 0 saturated carbocycles. The van der Waals surface area contributed by atoms with E-state index in [1.807, 2.05) is 46.8 Å². The third-order valence-corrected chi connectivity index (χ3v) is 1.81. The molecule has 13 heavy (non-hydrogen) atoms.